The highest BCUT2D eigenvalue weighted by atomic mass is 79.9. The molecule has 5 heteroatoms. The molecule has 1 N–H and O–H groups in total. The molecule has 0 saturated carbocycles. The van der Waals surface area contributed by atoms with Crippen LogP contribution in [0.4, 0.5) is 0 Å². The smallest absolute Gasteiger partial charge is 0.175 e. The van der Waals surface area contributed by atoms with Gasteiger partial charge in [0, 0.05) is 5.39 Å². The van der Waals surface area contributed by atoms with Gasteiger partial charge in [0.2, 0.25) is 0 Å². The van der Waals surface area contributed by atoms with Crippen molar-refractivity contribution < 1.29 is 14.6 Å². The lowest BCUT2D eigenvalue weighted by atomic mass is 10.1. The fourth-order valence-electron chi connectivity index (χ4n) is 2.65. The summed E-state index contributed by atoms with van der Waals surface area (Å²) in [5.41, 5.74) is 2.28. The van der Waals surface area contributed by atoms with Crippen LogP contribution in [0.1, 0.15) is 18.2 Å². The van der Waals surface area contributed by atoms with Gasteiger partial charge < -0.3 is 14.6 Å². The number of rotatable bonds is 7. The van der Waals surface area contributed by atoms with Crippen LogP contribution in [0.2, 0.25) is 0 Å². The maximum Gasteiger partial charge on any atom is 0.175 e. The van der Waals surface area contributed by atoms with Crippen molar-refractivity contribution in [3.8, 4) is 17.2 Å². The largest absolute Gasteiger partial charge is 0.506 e. The van der Waals surface area contributed by atoms with Crippen LogP contribution in [0.15, 0.2) is 59.6 Å². The fraction of sp³-hybridized carbons (Fsp3) is 0.136. The SMILES string of the molecule is C=CCOc1c(Br)cc(C=Cc2ccc3cccc(O)c3n2)cc1OCC. The topological polar surface area (TPSA) is 51.6 Å². The molecule has 138 valence electrons. The summed E-state index contributed by atoms with van der Waals surface area (Å²) in [7, 11) is 0. The van der Waals surface area contributed by atoms with Crippen molar-refractivity contribution in [2.24, 2.45) is 0 Å². The standard InChI is InChI=1S/C22H20BrNO3/c1-3-12-27-22-18(23)13-15(14-20(22)26-4-2)8-10-17-11-9-16-6-5-7-19(25)21(16)24-17/h3,5-11,13-14,25H,1,4,12H2,2H3. The number of nitrogens with zero attached hydrogens (tertiary/aromatic N) is 1. The molecule has 1 heterocycles. The molecule has 0 atom stereocenters. The Morgan fingerprint density at radius 3 is 2.78 bits per heavy atom. The molecule has 0 bridgehead atoms. The zero-order valence-electron chi connectivity index (χ0n) is 15.0. The van der Waals surface area contributed by atoms with Crippen LogP contribution in [-0.2, 0) is 0 Å². The van der Waals surface area contributed by atoms with Gasteiger partial charge in [-0.15, -0.1) is 0 Å². The van der Waals surface area contributed by atoms with Gasteiger partial charge >= 0.3 is 0 Å². The van der Waals surface area contributed by atoms with Gasteiger partial charge in [-0.3, -0.25) is 0 Å². The van der Waals surface area contributed by atoms with E-state index < -0.39 is 0 Å². The van der Waals surface area contributed by atoms with Crippen LogP contribution in [0.25, 0.3) is 23.1 Å². The number of fused-ring (bicyclic) bond motifs is 1. The number of benzene rings is 2. The van der Waals surface area contributed by atoms with E-state index in [1.165, 1.54) is 0 Å². The minimum atomic E-state index is 0.174. The van der Waals surface area contributed by atoms with Crippen LogP contribution in [0.5, 0.6) is 17.2 Å². The lowest BCUT2D eigenvalue weighted by Crippen LogP contribution is -2.00. The van der Waals surface area contributed by atoms with Gasteiger partial charge in [-0.05, 0) is 58.8 Å². The fourth-order valence-corrected chi connectivity index (χ4v) is 3.22. The Morgan fingerprint density at radius 2 is 2.00 bits per heavy atom. The van der Waals surface area contributed by atoms with E-state index in [0.29, 0.717) is 30.2 Å². The monoisotopic (exact) mass is 425 g/mol. The van der Waals surface area contributed by atoms with Crippen molar-refractivity contribution in [2.75, 3.05) is 13.2 Å². The van der Waals surface area contributed by atoms with Gasteiger partial charge in [0.25, 0.3) is 0 Å². The van der Waals surface area contributed by atoms with Crippen molar-refractivity contribution in [2.45, 2.75) is 6.92 Å². The number of ether oxygens (including phenoxy) is 2. The summed E-state index contributed by atoms with van der Waals surface area (Å²) in [4.78, 5) is 4.51. The number of pyridine rings is 1. The number of hydrogen-bond acceptors (Lipinski definition) is 4. The van der Waals surface area contributed by atoms with Crippen LogP contribution >= 0.6 is 15.9 Å². The lowest BCUT2D eigenvalue weighted by Gasteiger charge is -2.13. The predicted octanol–water partition coefficient (Wildman–Crippen LogP) is 5.84. The number of aromatic hydroxyl groups is 1. The summed E-state index contributed by atoms with van der Waals surface area (Å²) in [6.45, 7) is 6.54. The van der Waals surface area contributed by atoms with Crippen molar-refractivity contribution in [1.29, 1.82) is 0 Å². The van der Waals surface area contributed by atoms with Crippen molar-refractivity contribution in [3.63, 3.8) is 0 Å². The molecule has 0 aliphatic rings. The van der Waals surface area contributed by atoms with Gasteiger partial charge in [-0.1, -0.05) is 36.9 Å². The van der Waals surface area contributed by atoms with Gasteiger partial charge in [-0.2, -0.15) is 0 Å². The average molecular weight is 426 g/mol. The molecule has 0 saturated heterocycles. The van der Waals surface area contributed by atoms with Gasteiger partial charge in [-0.25, -0.2) is 4.98 Å². The summed E-state index contributed by atoms with van der Waals surface area (Å²) >= 11 is 3.54. The Balaban J connectivity index is 1.92. The average Bonchev–Trinajstić information content (AvgIpc) is 2.66. The maximum atomic E-state index is 9.98. The molecular formula is C22H20BrNO3. The molecular weight excluding hydrogens is 406 g/mol. The maximum absolute atomic E-state index is 9.98. The van der Waals surface area contributed by atoms with Crippen molar-refractivity contribution in [1.82, 2.24) is 4.98 Å². The number of phenols is 1. The summed E-state index contributed by atoms with van der Waals surface area (Å²) in [6, 6.07) is 13.1. The highest BCUT2D eigenvalue weighted by Crippen LogP contribution is 2.37. The third-order valence-electron chi connectivity index (χ3n) is 3.84. The minimum Gasteiger partial charge on any atom is -0.506 e. The van der Waals surface area contributed by atoms with Crippen molar-refractivity contribution >= 4 is 39.0 Å². The molecule has 0 aliphatic carbocycles. The normalized spacial score (nSPS) is 11.0. The van der Waals surface area contributed by atoms with Crippen LogP contribution in [-0.4, -0.2) is 23.3 Å². The molecule has 0 amide bonds. The second-order valence-corrected chi connectivity index (χ2v) is 6.64. The highest BCUT2D eigenvalue weighted by molar-refractivity contribution is 9.10. The van der Waals surface area contributed by atoms with Crippen LogP contribution in [0, 0.1) is 0 Å². The molecule has 2 aromatic carbocycles. The quantitative estimate of drug-likeness (QED) is 0.483. The first-order chi connectivity index (χ1) is 13.1. The summed E-state index contributed by atoms with van der Waals surface area (Å²) in [6.07, 6.45) is 5.53. The number of phenolic OH excluding ortho intramolecular Hbond substituents is 1. The zero-order valence-corrected chi connectivity index (χ0v) is 16.6. The van der Waals surface area contributed by atoms with E-state index in [-0.39, 0.29) is 5.75 Å². The summed E-state index contributed by atoms with van der Waals surface area (Å²) < 4.78 is 12.2. The molecule has 4 nitrogen and oxygen atoms in total. The molecule has 0 radical (unpaired) electrons. The van der Waals surface area contributed by atoms with E-state index in [2.05, 4.69) is 27.5 Å². The Labute approximate surface area is 166 Å². The van der Waals surface area contributed by atoms with Gasteiger partial charge in [0.05, 0.1) is 16.8 Å². The molecule has 3 rings (SSSR count). The summed E-state index contributed by atoms with van der Waals surface area (Å²) in [5.74, 6) is 1.49. The van der Waals surface area contributed by atoms with E-state index >= 15 is 0 Å². The molecule has 3 aromatic rings. The molecule has 0 aliphatic heterocycles. The Hall–Kier alpha value is -2.79. The first-order valence-electron chi connectivity index (χ1n) is 8.59. The highest BCUT2D eigenvalue weighted by Gasteiger charge is 2.11. The first kappa shape index (κ1) is 19.0. The summed E-state index contributed by atoms with van der Waals surface area (Å²) in [5, 5.41) is 10.9. The van der Waals surface area contributed by atoms with E-state index in [9.17, 15) is 5.11 Å². The molecule has 1 aromatic heterocycles. The Morgan fingerprint density at radius 1 is 1.15 bits per heavy atom. The van der Waals surface area contributed by atoms with E-state index in [0.717, 1.165) is 21.1 Å². The third-order valence-corrected chi connectivity index (χ3v) is 4.43. The lowest BCUT2D eigenvalue weighted by molar-refractivity contribution is 0.295. The molecule has 0 unspecified atom stereocenters. The number of para-hydroxylation sites is 1. The number of aromatic nitrogens is 1. The van der Waals surface area contributed by atoms with Crippen LogP contribution < -0.4 is 9.47 Å². The van der Waals surface area contributed by atoms with Crippen LogP contribution in [0.3, 0.4) is 0 Å². The minimum absolute atomic E-state index is 0.174. The van der Waals surface area contributed by atoms with E-state index in [4.69, 9.17) is 9.47 Å². The van der Waals surface area contributed by atoms with Crippen molar-refractivity contribution in [3.05, 3.63) is 70.8 Å². The molecule has 0 fully saturated rings. The zero-order chi connectivity index (χ0) is 19.2. The number of halogens is 1. The van der Waals surface area contributed by atoms with Gasteiger partial charge in [0.15, 0.2) is 11.5 Å². The first-order valence-corrected chi connectivity index (χ1v) is 9.38. The Kier molecular flexibility index (Phi) is 6.14. The second-order valence-electron chi connectivity index (χ2n) is 5.78. The van der Waals surface area contributed by atoms with E-state index in [1.807, 2.05) is 49.4 Å². The van der Waals surface area contributed by atoms with E-state index in [1.54, 1.807) is 18.2 Å². The Bertz CT molecular complexity index is 998. The molecule has 0 spiro atoms. The van der Waals surface area contributed by atoms with Gasteiger partial charge in [0.1, 0.15) is 17.9 Å². The predicted molar refractivity (Wildman–Crippen MR) is 113 cm³/mol. The molecule has 27 heavy (non-hydrogen) atoms. The third kappa shape index (κ3) is 4.49. The number of hydrogen-bond donors (Lipinski definition) is 1. The second kappa shape index (κ2) is 8.73.